The lowest BCUT2D eigenvalue weighted by Crippen LogP contribution is -2.28. The molecular weight excluding hydrogens is 394 g/mol. The zero-order chi connectivity index (χ0) is 22.4. The monoisotopic (exact) mass is 419 g/mol. The van der Waals surface area contributed by atoms with Gasteiger partial charge in [0.1, 0.15) is 11.5 Å². The SMILES string of the molecule is COc1ccc(OC)c(C(C)NC(=O)c2cccc(C)c2NC(=O)c2ccncc2)c1. The van der Waals surface area contributed by atoms with E-state index >= 15 is 0 Å². The molecule has 7 nitrogen and oxygen atoms in total. The van der Waals surface area contributed by atoms with E-state index in [-0.39, 0.29) is 17.9 Å². The summed E-state index contributed by atoms with van der Waals surface area (Å²) in [6, 6.07) is 13.6. The first-order chi connectivity index (χ1) is 14.9. The van der Waals surface area contributed by atoms with Gasteiger partial charge in [-0.15, -0.1) is 0 Å². The van der Waals surface area contributed by atoms with Crippen LogP contribution in [-0.2, 0) is 0 Å². The van der Waals surface area contributed by atoms with Gasteiger partial charge in [-0.1, -0.05) is 12.1 Å². The zero-order valence-electron chi connectivity index (χ0n) is 17.9. The fourth-order valence-corrected chi connectivity index (χ4v) is 3.24. The average molecular weight is 419 g/mol. The van der Waals surface area contributed by atoms with Crippen LogP contribution in [0.1, 0.15) is 44.8 Å². The van der Waals surface area contributed by atoms with Crippen molar-refractivity contribution < 1.29 is 19.1 Å². The molecule has 3 rings (SSSR count). The van der Waals surface area contributed by atoms with Gasteiger partial charge in [0.25, 0.3) is 11.8 Å². The third-order valence-electron chi connectivity index (χ3n) is 4.95. The van der Waals surface area contributed by atoms with E-state index in [4.69, 9.17) is 9.47 Å². The van der Waals surface area contributed by atoms with Gasteiger partial charge < -0.3 is 20.1 Å². The number of pyridine rings is 1. The Hall–Kier alpha value is -3.87. The summed E-state index contributed by atoms with van der Waals surface area (Å²) in [5, 5.41) is 5.84. The van der Waals surface area contributed by atoms with Crippen LogP contribution in [0.5, 0.6) is 11.5 Å². The van der Waals surface area contributed by atoms with Crippen LogP contribution in [0, 0.1) is 6.92 Å². The Morgan fingerprint density at radius 3 is 2.39 bits per heavy atom. The molecule has 0 aliphatic carbocycles. The molecule has 1 aromatic heterocycles. The van der Waals surface area contributed by atoms with Crippen molar-refractivity contribution in [2.45, 2.75) is 19.9 Å². The highest BCUT2D eigenvalue weighted by atomic mass is 16.5. The second-order valence-electron chi connectivity index (χ2n) is 6.99. The summed E-state index contributed by atoms with van der Waals surface area (Å²) in [5.74, 6) is 0.682. The number of aromatic nitrogens is 1. The second-order valence-corrected chi connectivity index (χ2v) is 6.99. The molecule has 3 aromatic rings. The van der Waals surface area contributed by atoms with Crippen LogP contribution in [0.25, 0.3) is 0 Å². The molecule has 0 saturated carbocycles. The molecule has 1 heterocycles. The fourth-order valence-electron chi connectivity index (χ4n) is 3.24. The summed E-state index contributed by atoms with van der Waals surface area (Å²) in [6.07, 6.45) is 3.09. The summed E-state index contributed by atoms with van der Waals surface area (Å²) in [6.45, 7) is 3.70. The molecule has 0 fully saturated rings. The number of nitrogens with one attached hydrogen (secondary N) is 2. The minimum absolute atomic E-state index is 0.312. The molecule has 160 valence electrons. The molecule has 0 radical (unpaired) electrons. The van der Waals surface area contributed by atoms with Gasteiger partial charge in [0.15, 0.2) is 0 Å². The van der Waals surface area contributed by atoms with Crippen LogP contribution < -0.4 is 20.1 Å². The van der Waals surface area contributed by atoms with Crippen molar-refractivity contribution in [1.29, 1.82) is 0 Å². The number of anilines is 1. The van der Waals surface area contributed by atoms with Gasteiger partial charge in [-0.3, -0.25) is 14.6 Å². The molecule has 0 aliphatic rings. The van der Waals surface area contributed by atoms with E-state index in [0.717, 1.165) is 11.1 Å². The first kappa shape index (κ1) is 21.8. The zero-order valence-corrected chi connectivity index (χ0v) is 17.9. The van der Waals surface area contributed by atoms with Crippen LogP contribution in [0.4, 0.5) is 5.69 Å². The van der Waals surface area contributed by atoms with Crippen molar-refractivity contribution in [3.63, 3.8) is 0 Å². The summed E-state index contributed by atoms with van der Waals surface area (Å²) in [7, 11) is 3.16. The lowest BCUT2D eigenvalue weighted by Gasteiger charge is -2.20. The molecule has 2 N–H and O–H groups in total. The molecule has 0 bridgehead atoms. The Kier molecular flexibility index (Phi) is 6.87. The van der Waals surface area contributed by atoms with Gasteiger partial charge in [0.2, 0.25) is 0 Å². The van der Waals surface area contributed by atoms with Crippen molar-refractivity contribution in [2.24, 2.45) is 0 Å². The fraction of sp³-hybridized carbons (Fsp3) is 0.208. The van der Waals surface area contributed by atoms with Crippen LogP contribution in [-0.4, -0.2) is 31.0 Å². The third kappa shape index (κ3) is 5.01. The Labute approximate surface area is 181 Å². The van der Waals surface area contributed by atoms with Gasteiger partial charge in [0, 0.05) is 23.5 Å². The highest BCUT2D eigenvalue weighted by Crippen LogP contribution is 2.30. The van der Waals surface area contributed by atoms with Gasteiger partial charge in [-0.2, -0.15) is 0 Å². The number of para-hydroxylation sites is 1. The Balaban J connectivity index is 1.86. The largest absolute Gasteiger partial charge is 0.497 e. The van der Waals surface area contributed by atoms with Crippen molar-refractivity contribution in [3.8, 4) is 11.5 Å². The molecule has 0 spiro atoms. The standard InChI is InChI=1S/C24H25N3O4/c1-15-6-5-7-19(22(15)27-23(28)17-10-12-25-13-11-17)24(29)26-16(2)20-14-18(30-3)8-9-21(20)31-4/h5-14,16H,1-4H3,(H,26,29)(H,27,28). The van der Waals surface area contributed by atoms with E-state index in [9.17, 15) is 9.59 Å². The number of aryl methyl sites for hydroxylation is 1. The molecule has 7 heteroatoms. The minimum Gasteiger partial charge on any atom is -0.497 e. The van der Waals surface area contributed by atoms with E-state index in [1.165, 1.54) is 0 Å². The van der Waals surface area contributed by atoms with Gasteiger partial charge in [-0.25, -0.2) is 0 Å². The number of benzene rings is 2. The van der Waals surface area contributed by atoms with Gasteiger partial charge in [-0.05, 0) is 55.8 Å². The first-order valence-electron chi connectivity index (χ1n) is 9.78. The number of carbonyl (C=O) groups is 2. The number of nitrogens with zero attached hydrogens (tertiary/aromatic N) is 1. The lowest BCUT2D eigenvalue weighted by molar-refractivity contribution is 0.0940. The third-order valence-corrected chi connectivity index (χ3v) is 4.95. The topological polar surface area (TPSA) is 89.5 Å². The maximum Gasteiger partial charge on any atom is 0.255 e. The van der Waals surface area contributed by atoms with E-state index in [2.05, 4.69) is 15.6 Å². The minimum atomic E-state index is -0.359. The normalized spacial score (nSPS) is 11.4. The summed E-state index contributed by atoms with van der Waals surface area (Å²) < 4.78 is 10.7. The van der Waals surface area contributed by atoms with Gasteiger partial charge >= 0.3 is 0 Å². The maximum atomic E-state index is 13.1. The Morgan fingerprint density at radius 2 is 1.71 bits per heavy atom. The van der Waals surface area contributed by atoms with E-state index < -0.39 is 0 Å². The summed E-state index contributed by atoms with van der Waals surface area (Å²) in [5.41, 5.74) is 2.86. The first-order valence-corrected chi connectivity index (χ1v) is 9.78. The number of hydrogen-bond donors (Lipinski definition) is 2. The van der Waals surface area contributed by atoms with E-state index in [1.807, 2.05) is 26.0 Å². The maximum absolute atomic E-state index is 13.1. The molecule has 31 heavy (non-hydrogen) atoms. The lowest BCUT2D eigenvalue weighted by atomic mass is 10.0. The number of ether oxygens (including phenoxy) is 2. The smallest absolute Gasteiger partial charge is 0.255 e. The predicted molar refractivity (Wildman–Crippen MR) is 119 cm³/mol. The Morgan fingerprint density at radius 1 is 0.968 bits per heavy atom. The summed E-state index contributed by atoms with van der Waals surface area (Å²) in [4.78, 5) is 29.7. The molecule has 2 amide bonds. The summed E-state index contributed by atoms with van der Waals surface area (Å²) >= 11 is 0. The highest BCUT2D eigenvalue weighted by molar-refractivity contribution is 6.09. The molecule has 0 saturated heterocycles. The van der Waals surface area contributed by atoms with Crippen molar-refractivity contribution in [3.05, 3.63) is 83.2 Å². The van der Waals surface area contributed by atoms with Crippen LogP contribution in [0.3, 0.4) is 0 Å². The number of carbonyl (C=O) groups excluding carboxylic acids is 2. The van der Waals surface area contributed by atoms with Crippen molar-refractivity contribution in [2.75, 3.05) is 19.5 Å². The number of hydrogen-bond acceptors (Lipinski definition) is 5. The second kappa shape index (κ2) is 9.75. The van der Waals surface area contributed by atoms with Crippen molar-refractivity contribution in [1.82, 2.24) is 10.3 Å². The number of amides is 2. The number of methoxy groups -OCH3 is 2. The van der Waals surface area contributed by atoms with Crippen LogP contribution >= 0.6 is 0 Å². The quantitative estimate of drug-likeness (QED) is 0.600. The van der Waals surface area contributed by atoms with Crippen LogP contribution in [0.15, 0.2) is 60.9 Å². The van der Waals surface area contributed by atoms with Gasteiger partial charge in [0.05, 0.1) is 31.5 Å². The molecule has 1 atom stereocenters. The molecular formula is C24H25N3O4. The highest BCUT2D eigenvalue weighted by Gasteiger charge is 2.20. The van der Waals surface area contributed by atoms with Crippen molar-refractivity contribution >= 4 is 17.5 Å². The molecule has 1 unspecified atom stereocenters. The Bertz CT molecular complexity index is 1080. The average Bonchev–Trinajstić information content (AvgIpc) is 2.80. The van der Waals surface area contributed by atoms with Crippen LogP contribution in [0.2, 0.25) is 0 Å². The van der Waals surface area contributed by atoms with E-state index in [1.54, 1.807) is 63.0 Å². The number of rotatable bonds is 7. The molecule has 2 aromatic carbocycles. The predicted octanol–water partition coefficient (Wildman–Crippen LogP) is 4.15. The van der Waals surface area contributed by atoms with E-state index in [0.29, 0.717) is 28.3 Å². The molecule has 0 aliphatic heterocycles.